The zero-order valence-electron chi connectivity index (χ0n) is 12.7. The van der Waals surface area contributed by atoms with E-state index >= 15 is 0 Å². The van der Waals surface area contributed by atoms with E-state index in [2.05, 4.69) is 25.8 Å². The molecule has 0 amide bonds. The van der Waals surface area contributed by atoms with Crippen LogP contribution in [0, 0.1) is 17.8 Å². The minimum atomic E-state index is -0.381. The Bertz CT molecular complexity index is 575. The first-order chi connectivity index (χ1) is 9.45. The third kappa shape index (κ3) is 2.73. The molecule has 0 aliphatic carbocycles. The second-order valence-corrected chi connectivity index (χ2v) is 5.99. The number of nitrogens with one attached hydrogen (secondary N) is 1. The van der Waals surface area contributed by atoms with Crippen LogP contribution in [0.1, 0.15) is 45.9 Å². The molecule has 112 valence electrons. The number of nitrogens with zero attached hydrogens (tertiary/aromatic N) is 1. The highest BCUT2D eigenvalue weighted by atomic mass is 16.5. The number of H-pyrrole nitrogens is 1. The number of aromatic nitrogens is 2. The number of rotatable bonds is 3. The van der Waals surface area contributed by atoms with Gasteiger partial charge in [-0.05, 0) is 18.3 Å². The monoisotopic (exact) mass is 280 g/mol. The maximum Gasteiger partial charge on any atom is 0.330 e. The lowest BCUT2D eigenvalue weighted by Crippen LogP contribution is -2.42. The van der Waals surface area contributed by atoms with Gasteiger partial charge in [-0.3, -0.25) is 14.3 Å². The quantitative estimate of drug-likeness (QED) is 0.920. The van der Waals surface area contributed by atoms with Gasteiger partial charge in [0, 0.05) is 17.7 Å². The van der Waals surface area contributed by atoms with Crippen LogP contribution in [-0.2, 0) is 11.2 Å². The molecule has 4 atom stereocenters. The molecule has 0 spiro atoms. The van der Waals surface area contributed by atoms with Crippen LogP contribution in [0.3, 0.4) is 0 Å². The van der Waals surface area contributed by atoms with E-state index in [0.717, 1.165) is 6.42 Å². The largest absolute Gasteiger partial charge is 0.357 e. The summed E-state index contributed by atoms with van der Waals surface area (Å²) in [4.78, 5) is 26.2. The molecule has 2 rings (SSSR count). The summed E-state index contributed by atoms with van der Waals surface area (Å²) in [6.07, 6.45) is 2.92. The van der Waals surface area contributed by atoms with Gasteiger partial charge in [0.25, 0.3) is 5.56 Å². The first-order valence-electron chi connectivity index (χ1n) is 7.41. The van der Waals surface area contributed by atoms with Gasteiger partial charge in [0.1, 0.15) is 6.23 Å². The third-order valence-corrected chi connectivity index (χ3v) is 4.54. The summed E-state index contributed by atoms with van der Waals surface area (Å²) in [6.45, 7) is 9.11. The van der Waals surface area contributed by atoms with Gasteiger partial charge in [-0.2, -0.15) is 0 Å². The van der Waals surface area contributed by atoms with E-state index in [9.17, 15) is 9.59 Å². The molecule has 20 heavy (non-hydrogen) atoms. The highest BCUT2D eigenvalue weighted by molar-refractivity contribution is 5.05. The number of aryl methyl sites for hydroxylation is 1. The van der Waals surface area contributed by atoms with E-state index in [1.165, 1.54) is 0 Å². The number of ether oxygens (including phenoxy) is 1. The Morgan fingerprint density at radius 1 is 1.30 bits per heavy atom. The van der Waals surface area contributed by atoms with Gasteiger partial charge in [0.15, 0.2) is 0 Å². The van der Waals surface area contributed by atoms with Gasteiger partial charge in [0.05, 0.1) is 6.61 Å². The van der Waals surface area contributed by atoms with E-state index < -0.39 is 0 Å². The van der Waals surface area contributed by atoms with Crippen molar-refractivity contribution in [3.05, 3.63) is 32.6 Å². The standard InChI is InChI=1S/C15H24N2O3/c1-5-6-12-7-17(15(19)16-13(12)18)14-11(4)10(3)9(2)8-20-14/h7,9-11,14H,5-6,8H2,1-4H3,(H,16,18,19). The summed E-state index contributed by atoms with van der Waals surface area (Å²) in [5, 5.41) is 0. The molecule has 1 aromatic heterocycles. The molecule has 1 aromatic rings. The van der Waals surface area contributed by atoms with Crippen molar-refractivity contribution in [1.82, 2.24) is 9.55 Å². The summed E-state index contributed by atoms with van der Waals surface area (Å²) < 4.78 is 7.41. The zero-order valence-corrected chi connectivity index (χ0v) is 12.7. The molecular weight excluding hydrogens is 256 g/mol. The first-order valence-corrected chi connectivity index (χ1v) is 7.41. The van der Waals surface area contributed by atoms with Crippen molar-refractivity contribution in [1.29, 1.82) is 0 Å². The first kappa shape index (κ1) is 15.0. The SMILES string of the molecule is CCCc1cn(C2OCC(C)C(C)C2C)c(=O)[nH]c1=O. The molecule has 2 heterocycles. The molecule has 1 saturated heterocycles. The Hall–Kier alpha value is -1.36. The van der Waals surface area contributed by atoms with Crippen molar-refractivity contribution < 1.29 is 4.74 Å². The Labute approximate surface area is 119 Å². The molecule has 5 nitrogen and oxygen atoms in total. The molecule has 1 fully saturated rings. The van der Waals surface area contributed by atoms with Crippen LogP contribution >= 0.6 is 0 Å². The van der Waals surface area contributed by atoms with E-state index in [1.807, 2.05) is 6.92 Å². The number of hydrogen-bond donors (Lipinski definition) is 1. The predicted octanol–water partition coefficient (Wildman–Crippen LogP) is 1.93. The average molecular weight is 280 g/mol. The van der Waals surface area contributed by atoms with Gasteiger partial charge in [0.2, 0.25) is 0 Å². The second kappa shape index (κ2) is 5.95. The number of aromatic amines is 1. The topological polar surface area (TPSA) is 64.1 Å². The summed E-state index contributed by atoms with van der Waals surface area (Å²) in [6, 6.07) is 0. The van der Waals surface area contributed by atoms with Crippen LogP contribution < -0.4 is 11.2 Å². The minimum absolute atomic E-state index is 0.233. The van der Waals surface area contributed by atoms with Crippen molar-refractivity contribution >= 4 is 0 Å². The van der Waals surface area contributed by atoms with Crippen molar-refractivity contribution in [2.24, 2.45) is 17.8 Å². The van der Waals surface area contributed by atoms with Crippen LogP contribution in [0.2, 0.25) is 0 Å². The summed E-state index contributed by atoms with van der Waals surface area (Å²) >= 11 is 0. The molecule has 0 saturated carbocycles. The Morgan fingerprint density at radius 2 is 2.00 bits per heavy atom. The van der Waals surface area contributed by atoms with Crippen molar-refractivity contribution in [2.75, 3.05) is 6.61 Å². The summed E-state index contributed by atoms with van der Waals surface area (Å²) in [5.41, 5.74) is -0.0133. The molecule has 4 unspecified atom stereocenters. The molecular formula is C15H24N2O3. The Balaban J connectivity index is 2.39. The third-order valence-electron chi connectivity index (χ3n) is 4.54. The van der Waals surface area contributed by atoms with Gasteiger partial charge in [-0.25, -0.2) is 4.79 Å². The second-order valence-electron chi connectivity index (χ2n) is 5.99. The van der Waals surface area contributed by atoms with E-state index in [1.54, 1.807) is 10.8 Å². The molecule has 1 aliphatic heterocycles. The minimum Gasteiger partial charge on any atom is -0.357 e. The van der Waals surface area contributed by atoms with E-state index in [-0.39, 0.29) is 23.4 Å². The lowest BCUT2D eigenvalue weighted by molar-refractivity contribution is -0.119. The van der Waals surface area contributed by atoms with Crippen molar-refractivity contribution in [2.45, 2.75) is 46.8 Å². The summed E-state index contributed by atoms with van der Waals surface area (Å²) in [5.74, 6) is 1.19. The zero-order chi connectivity index (χ0) is 14.9. The van der Waals surface area contributed by atoms with Crippen LogP contribution in [0.25, 0.3) is 0 Å². The Kier molecular flexibility index (Phi) is 4.48. The van der Waals surface area contributed by atoms with Gasteiger partial charge in [-0.15, -0.1) is 0 Å². The van der Waals surface area contributed by atoms with Crippen LogP contribution in [-0.4, -0.2) is 16.2 Å². The van der Waals surface area contributed by atoms with Crippen LogP contribution in [0.15, 0.2) is 15.8 Å². The fraction of sp³-hybridized carbons (Fsp3) is 0.733. The van der Waals surface area contributed by atoms with Gasteiger partial charge >= 0.3 is 5.69 Å². The Morgan fingerprint density at radius 3 is 2.65 bits per heavy atom. The fourth-order valence-corrected chi connectivity index (χ4v) is 2.83. The van der Waals surface area contributed by atoms with Crippen LogP contribution in [0.4, 0.5) is 0 Å². The predicted molar refractivity (Wildman–Crippen MR) is 77.8 cm³/mol. The van der Waals surface area contributed by atoms with Crippen molar-refractivity contribution in [3.63, 3.8) is 0 Å². The maximum atomic E-state index is 12.1. The lowest BCUT2D eigenvalue weighted by atomic mass is 9.82. The highest BCUT2D eigenvalue weighted by Crippen LogP contribution is 2.35. The van der Waals surface area contributed by atoms with E-state index in [0.29, 0.717) is 30.4 Å². The molecule has 1 aliphatic rings. The molecule has 0 radical (unpaired) electrons. The molecule has 1 N–H and O–H groups in total. The van der Waals surface area contributed by atoms with E-state index in [4.69, 9.17) is 4.74 Å². The van der Waals surface area contributed by atoms with Crippen molar-refractivity contribution in [3.8, 4) is 0 Å². The smallest absolute Gasteiger partial charge is 0.330 e. The van der Waals surface area contributed by atoms with Gasteiger partial charge in [-0.1, -0.05) is 34.1 Å². The summed E-state index contributed by atoms with van der Waals surface area (Å²) in [7, 11) is 0. The van der Waals surface area contributed by atoms with Gasteiger partial charge < -0.3 is 4.74 Å². The fourth-order valence-electron chi connectivity index (χ4n) is 2.83. The number of hydrogen-bond acceptors (Lipinski definition) is 3. The molecule has 0 aromatic carbocycles. The molecule has 5 heteroatoms. The average Bonchev–Trinajstić information content (AvgIpc) is 2.40. The highest BCUT2D eigenvalue weighted by Gasteiger charge is 2.34. The molecule has 0 bridgehead atoms. The normalized spacial score (nSPS) is 30.4. The maximum absolute atomic E-state index is 12.1. The lowest BCUT2D eigenvalue weighted by Gasteiger charge is -2.39. The van der Waals surface area contributed by atoms with Crippen LogP contribution in [0.5, 0.6) is 0 Å².